The second-order valence-electron chi connectivity index (χ2n) is 3.01. The Labute approximate surface area is 93.0 Å². The number of nitrogens with one attached hydrogen (secondary N) is 1. The maximum absolute atomic E-state index is 13.3. The molecule has 1 aromatic carbocycles. The summed E-state index contributed by atoms with van der Waals surface area (Å²) in [7, 11) is 0. The van der Waals surface area contributed by atoms with E-state index in [0.29, 0.717) is 12.1 Å². The zero-order chi connectivity index (χ0) is 12.4. The molecule has 0 spiro atoms. The van der Waals surface area contributed by atoms with Crippen LogP contribution in [0.4, 0.5) is 14.5 Å². The molecule has 0 atom stereocenters. The first-order chi connectivity index (χ1) is 8.08. The molecule has 0 saturated heterocycles. The van der Waals surface area contributed by atoms with Gasteiger partial charge < -0.3 is 4.74 Å². The highest BCUT2D eigenvalue weighted by Crippen LogP contribution is 2.28. The second-order valence-corrected chi connectivity index (χ2v) is 3.01. The van der Waals surface area contributed by atoms with Gasteiger partial charge in [0.15, 0.2) is 11.6 Å². The Balaban J connectivity index is 2.36. The highest BCUT2D eigenvalue weighted by molar-refractivity contribution is 5.40. The second kappa shape index (κ2) is 4.16. The van der Waals surface area contributed by atoms with Crippen LogP contribution in [-0.2, 0) is 0 Å². The van der Waals surface area contributed by atoms with Gasteiger partial charge in [-0.15, -0.1) is 5.10 Å². The molecule has 0 aliphatic heterocycles. The van der Waals surface area contributed by atoms with Crippen LogP contribution in [0.5, 0.6) is 11.6 Å². The Morgan fingerprint density at radius 2 is 2.12 bits per heavy atom. The van der Waals surface area contributed by atoms with Gasteiger partial charge >= 0.3 is 5.69 Å². The number of hydrogen-bond donors (Lipinski definition) is 1. The van der Waals surface area contributed by atoms with Gasteiger partial charge in [0, 0.05) is 18.3 Å². The average Bonchev–Trinajstić information content (AvgIpc) is 2.75. The molecule has 0 aliphatic rings. The topological polar surface area (TPSA) is 81.0 Å². The largest absolute Gasteiger partial charge is 0.434 e. The van der Waals surface area contributed by atoms with Crippen LogP contribution in [0.3, 0.4) is 0 Å². The summed E-state index contributed by atoms with van der Waals surface area (Å²) in [5.41, 5.74) is -0.947. The number of aromatic amines is 1. The van der Waals surface area contributed by atoms with E-state index in [0.717, 1.165) is 0 Å². The molecule has 17 heavy (non-hydrogen) atoms. The molecule has 0 unspecified atom stereocenters. The summed E-state index contributed by atoms with van der Waals surface area (Å²) in [6, 6.07) is 2.44. The van der Waals surface area contributed by atoms with Crippen LogP contribution in [0.2, 0.25) is 0 Å². The van der Waals surface area contributed by atoms with E-state index in [1.165, 1.54) is 12.3 Å². The summed E-state index contributed by atoms with van der Waals surface area (Å²) < 4.78 is 31.4. The van der Waals surface area contributed by atoms with Gasteiger partial charge in [-0.2, -0.15) is 4.39 Å². The summed E-state index contributed by atoms with van der Waals surface area (Å²) in [4.78, 5) is 9.33. The fraction of sp³-hybridized carbons (Fsp3) is 0. The van der Waals surface area contributed by atoms with E-state index in [1.54, 1.807) is 0 Å². The molecule has 0 bridgehead atoms. The first-order valence-electron chi connectivity index (χ1n) is 4.39. The Hall–Kier alpha value is -2.51. The minimum absolute atomic E-state index is 0.0251. The molecule has 2 aromatic rings. The van der Waals surface area contributed by atoms with Crippen molar-refractivity contribution in [2.45, 2.75) is 0 Å². The van der Waals surface area contributed by atoms with E-state index in [9.17, 15) is 18.9 Å². The van der Waals surface area contributed by atoms with Crippen molar-refractivity contribution < 1.29 is 18.4 Å². The van der Waals surface area contributed by atoms with Crippen LogP contribution in [0.15, 0.2) is 24.4 Å². The minimum Gasteiger partial charge on any atom is -0.434 e. The van der Waals surface area contributed by atoms with Gasteiger partial charge in [0.25, 0.3) is 0 Å². The number of aromatic nitrogens is 2. The fourth-order valence-electron chi connectivity index (χ4n) is 1.15. The van der Waals surface area contributed by atoms with E-state index >= 15 is 0 Å². The lowest BCUT2D eigenvalue weighted by Crippen LogP contribution is -1.96. The molecular formula is C9H5F2N3O3. The van der Waals surface area contributed by atoms with E-state index in [2.05, 4.69) is 10.2 Å². The van der Waals surface area contributed by atoms with E-state index in [4.69, 9.17) is 4.74 Å². The lowest BCUT2D eigenvalue weighted by atomic mass is 10.3. The zero-order valence-electron chi connectivity index (χ0n) is 8.18. The summed E-state index contributed by atoms with van der Waals surface area (Å²) in [6.07, 6.45) is 1.43. The molecule has 1 heterocycles. The third-order valence-corrected chi connectivity index (χ3v) is 1.89. The van der Waals surface area contributed by atoms with Gasteiger partial charge in [-0.3, -0.25) is 15.2 Å². The van der Waals surface area contributed by atoms with Gasteiger partial charge in [0.2, 0.25) is 11.7 Å². The van der Waals surface area contributed by atoms with Crippen molar-refractivity contribution in [3.8, 4) is 11.6 Å². The van der Waals surface area contributed by atoms with Gasteiger partial charge in [0.05, 0.1) is 11.0 Å². The monoisotopic (exact) mass is 241 g/mol. The normalized spacial score (nSPS) is 10.2. The number of hydrogen-bond acceptors (Lipinski definition) is 4. The van der Waals surface area contributed by atoms with Crippen LogP contribution >= 0.6 is 0 Å². The van der Waals surface area contributed by atoms with Gasteiger partial charge in [-0.1, -0.05) is 0 Å². The van der Waals surface area contributed by atoms with Crippen molar-refractivity contribution in [1.82, 2.24) is 10.2 Å². The Morgan fingerprint density at radius 3 is 2.71 bits per heavy atom. The molecule has 0 radical (unpaired) electrons. The maximum atomic E-state index is 13.3. The molecule has 1 aromatic heterocycles. The number of ether oxygens (including phenoxy) is 1. The lowest BCUT2D eigenvalue weighted by molar-refractivity contribution is -0.387. The zero-order valence-corrected chi connectivity index (χ0v) is 8.18. The maximum Gasteiger partial charge on any atom is 0.307 e. The fourth-order valence-corrected chi connectivity index (χ4v) is 1.15. The third kappa shape index (κ3) is 2.19. The SMILES string of the molecule is O=[N+]([O-])c1cc(F)c(Oc2cc[nH]n2)cc1F. The number of nitrogens with zero attached hydrogens (tertiary/aromatic N) is 2. The quantitative estimate of drug-likeness (QED) is 0.660. The van der Waals surface area contributed by atoms with E-state index in [1.807, 2.05) is 0 Å². The standard InChI is InChI=1S/C9H5F2N3O3/c10-5-4-8(17-9-1-2-12-13-9)6(11)3-7(5)14(15)16/h1-4H,(H,12,13). The predicted octanol–water partition coefficient (Wildman–Crippen LogP) is 2.39. The van der Waals surface area contributed by atoms with Crippen molar-refractivity contribution in [3.63, 3.8) is 0 Å². The van der Waals surface area contributed by atoms with Gasteiger partial charge in [-0.25, -0.2) is 4.39 Å². The van der Waals surface area contributed by atoms with E-state index < -0.39 is 28.0 Å². The van der Waals surface area contributed by atoms with Crippen molar-refractivity contribution in [3.05, 3.63) is 46.1 Å². The van der Waals surface area contributed by atoms with Crippen molar-refractivity contribution in [2.24, 2.45) is 0 Å². The molecular weight excluding hydrogens is 236 g/mol. The Kier molecular flexibility index (Phi) is 2.69. The molecule has 0 aliphatic carbocycles. The number of nitro benzene ring substituents is 1. The first kappa shape index (κ1) is 11.0. The van der Waals surface area contributed by atoms with Crippen molar-refractivity contribution >= 4 is 5.69 Å². The average molecular weight is 241 g/mol. The van der Waals surface area contributed by atoms with Gasteiger partial charge in [0.1, 0.15) is 0 Å². The number of halogens is 2. The molecule has 88 valence electrons. The third-order valence-electron chi connectivity index (χ3n) is 1.89. The smallest absolute Gasteiger partial charge is 0.307 e. The van der Waals surface area contributed by atoms with Crippen LogP contribution in [0, 0.1) is 21.7 Å². The summed E-state index contributed by atoms with van der Waals surface area (Å²) >= 11 is 0. The number of rotatable bonds is 3. The number of H-pyrrole nitrogens is 1. The Morgan fingerprint density at radius 1 is 1.35 bits per heavy atom. The van der Waals surface area contributed by atoms with Crippen molar-refractivity contribution in [2.75, 3.05) is 0 Å². The van der Waals surface area contributed by atoms with Crippen molar-refractivity contribution in [1.29, 1.82) is 0 Å². The van der Waals surface area contributed by atoms with Crippen LogP contribution in [0.1, 0.15) is 0 Å². The highest BCUT2D eigenvalue weighted by Gasteiger charge is 2.19. The van der Waals surface area contributed by atoms with E-state index in [-0.39, 0.29) is 5.88 Å². The predicted molar refractivity (Wildman–Crippen MR) is 51.7 cm³/mol. The number of benzene rings is 1. The lowest BCUT2D eigenvalue weighted by Gasteiger charge is -2.03. The van der Waals surface area contributed by atoms with Gasteiger partial charge in [-0.05, 0) is 0 Å². The molecule has 8 heteroatoms. The Bertz CT molecular complexity index is 557. The molecule has 2 rings (SSSR count). The summed E-state index contributed by atoms with van der Waals surface area (Å²) in [5, 5.41) is 16.3. The highest BCUT2D eigenvalue weighted by atomic mass is 19.1. The molecule has 0 saturated carbocycles. The summed E-state index contributed by atoms with van der Waals surface area (Å²) in [6.45, 7) is 0. The molecule has 6 nitrogen and oxygen atoms in total. The minimum atomic E-state index is -1.18. The first-order valence-corrected chi connectivity index (χ1v) is 4.39. The molecule has 0 fully saturated rings. The summed E-state index contributed by atoms with van der Waals surface area (Å²) in [5.74, 6) is -2.67. The van der Waals surface area contributed by atoms with Crippen LogP contribution in [0.25, 0.3) is 0 Å². The number of nitro groups is 1. The van der Waals surface area contributed by atoms with Crippen LogP contribution < -0.4 is 4.74 Å². The molecule has 1 N–H and O–H groups in total. The van der Waals surface area contributed by atoms with Crippen LogP contribution in [-0.4, -0.2) is 15.1 Å². The molecule has 0 amide bonds.